The quantitative estimate of drug-likeness (QED) is 0.113. The van der Waals surface area contributed by atoms with Crippen molar-refractivity contribution in [1.82, 2.24) is 0 Å². The van der Waals surface area contributed by atoms with Gasteiger partial charge in [-0.1, -0.05) is 13.3 Å². The van der Waals surface area contributed by atoms with Crippen LogP contribution in [0, 0.1) is 0 Å². The van der Waals surface area contributed by atoms with E-state index in [4.69, 9.17) is 26.2 Å². The van der Waals surface area contributed by atoms with E-state index in [-0.39, 0.29) is 11.7 Å². The Kier molecular flexibility index (Phi) is 13.3. The van der Waals surface area contributed by atoms with Crippen LogP contribution in [-0.2, 0) is 31.0 Å². The number of ether oxygens (including phenoxy) is 1. The second-order valence-corrected chi connectivity index (χ2v) is 36.2. The SMILES string of the molecule is CCCC([SiH3])(OC(=O)C(O[Si](C)(C)C)=C(O[Si](C)(C)C)O[Si](C)(O[Si](C)(C)C)O[Si](C)(C)C)C(O)CO. The fraction of sp³-hybridized carbons (Fsp3) is 0.864. The Morgan fingerprint density at radius 2 is 1.22 bits per heavy atom. The third-order valence-corrected chi connectivity index (χ3v) is 15.8. The first-order chi connectivity index (χ1) is 16.2. The summed E-state index contributed by atoms with van der Waals surface area (Å²) in [6.07, 6.45) is -0.138. The van der Waals surface area contributed by atoms with Crippen molar-refractivity contribution in [2.75, 3.05) is 6.61 Å². The first kappa shape index (κ1) is 36.8. The topological polar surface area (TPSA) is 113 Å². The number of aliphatic hydroxyl groups excluding tert-OH is 2. The zero-order valence-electron chi connectivity index (χ0n) is 26.0. The molecule has 0 saturated heterocycles. The molecule has 0 fully saturated rings. The molecule has 0 spiro atoms. The van der Waals surface area contributed by atoms with Gasteiger partial charge in [0.1, 0.15) is 11.3 Å². The molecule has 15 heteroatoms. The van der Waals surface area contributed by atoms with E-state index in [1.54, 1.807) is 0 Å². The third kappa shape index (κ3) is 15.2. The Balaban J connectivity index is 7.02. The van der Waals surface area contributed by atoms with Crippen LogP contribution in [0.2, 0.25) is 85.1 Å². The second-order valence-electron chi connectivity index (χ2n) is 13.6. The van der Waals surface area contributed by atoms with Gasteiger partial charge < -0.3 is 36.5 Å². The lowest BCUT2D eigenvalue weighted by Gasteiger charge is -2.39. The zero-order valence-corrected chi connectivity index (χ0v) is 33.0. The smallest absolute Gasteiger partial charge is 0.535 e. The molecule has 0 aromatic rings. The molecule has 2 atom stereocenters. The van der Waals surface area contributed by atoms with Crippen molar-refractivity contribution in [2.24, 2.45) is 0 Å². The third-order valence-electron chi connectivity index (χ3n) is 4.39. The maximum atomic E-state index is 13.8. The maximum Gasteiger partial charge on any atom is 0.543 e. The molecule has 0 aliphatic heterocycles. The molecule has 0 aromatic carbocycles. The molecule has 0 bridgehead atoms. The molecule has 0 aliphatic rings. The van der Waals surface area contributed by atoms with Crippen LogP contribution in [-0.4, -0.2) is 86.4 Å². The van der Waals surface area contributed by atoms with E-state index < -0.39 is 66.0 Å². The Morgan fingerprint density at radius 3 is 1.54 bits per heavy atom. The lowest BCUT2D eigenvalue weighted by molar-refractivity contribution is -0.162. The van der Waals surface area contributed by atoms with Gasteiger partial charge in [0, 0.05) is 6.55 Å². The Bertz CT molecular complexity index is 765. The van der Waals surface area contributed by atoms with Gasteiger partial charge in [-0.15, -0.1) is 0 Å². The Labute approximate surface area is 233 Å². The molecule has 0 saturated carbocycles. The van der Waals surface area contributed by atoms with Gasteiger partial charge >= 0.3 is 20.7 Å². The molecule has 0 radical (unpaired) electrons. The number of hydrogen-bond acceptors (Lipinski definition) is 9. The van der Waals surface area contributed by atoms with Crippen molar-refractivity contribution < 1.29 is 41.3 Å². The highest BCUT2D eigenvalue weighted by Crippen LogP contribution is 2.31. The summed E-state index contributed by atoms with van der Waals surface area (Å²) in [5, 5.41) is 19.0. The highest BCUT2D eigenvalue weighted by Gasteiger charge is 2.48. The van der Waals surface area contributed by atoms with Gasteiger partial charge in [-0.05, 0) is 85.0 Å². The summed E-state index contributed by atoms with van der Waals surface area (Å²) in [6.45, 7) is 27.4. The average molecular weight is 631 g/mol. The average Bonchev–Trinajstić information content (AvgIpc) is 2.59. The highest BCUT2D eigenvalue weighted by molar-refractivity contribution is 6.85. The molecule has 0 amide bonds. The molecule has 0 aliphatic carbocycles. The number of hydrogen-bond donors (Lipinski definition) is 2. The predicted molar refractivity (Wildman–Crippen MR) is 164 cm³/mol. The molecule has 0 aromatic heterocycles. The van der Waals surface area contributed by atoms with Gasteiger partial charge in [-0.25, -0.2) is 4.79 Å². The lowest BCUT2D eigenvalue weighted by Crippen LogP contribution is -2.55. The van der Waals surface area contributed by atoms with Crippen molar-refractivity contribution in [3.05, 3.63) is 11.7 Å². The van der Waals surface area contributed by atoms with E-state index >= 15 is 0 Å². The van der Waals surface area contributed by atoms with Crippen molar-refractivity contribution in [3.8, 4) is 0 Å². The zero-order chi connectivity index (χ0) is 29.7. The summed E-state index contributed by atoms with van der Waals surface area (Å²) in [5.74, 6) is -1.03. The van der Waals surface area contributed by atoms with Crippen molar-refractivity contribution in [2.45, 2.75) is 116 Å². The van der Waals surface area contributed by atoms with E-state index in [9.17, 15) is 15.0 Å². The van der Waals surface area contributed by atoms with E-state index in [1.807, 2.05) is 52.8 Å². The molecule has 0 rings (SSSR count). The van der Waals surface area contributed by atoms with Crippen LogP contribution in [0.3, 0.4) is 0 Å². The van der Waals surface area contributed by atoms with Crippen LogP contribution < -0.4 is 0 Å². The highest BCUT2D eigenvalue weighted by atomic mass is 28.5. The van der Waals surface area contributed by atoms with Crippen LogP contribution in [0.4, 0.5) is 0 Å². The molecule has 37 heavy (non-hydrogen) atoms. The summed E-state index contributed by atoms with van der Waals surface area (Å²) < 4.78 is 38.1. The van der Waals surface area contributed by atoms with Crippen molar-refractivity contribution in [1.29, 1.82) is 0 Å². The predicted octanol–water partition coefficient (Wildman–Crippen LogP) is 3.91. The van der Waals surface area contributed by atoms with E-state index in [0.717, 1.165) is 0 Å². The lowest BCUT2D eigenvalue weighted by atomic mass is 10.1. The van der Waals surface area contributed by atoms with E-state index in [1.165, 1.54) is 0 Å². The normalized spacial score (nSPS) is 17.0. The number of carbonyl (C=O) groups is 1. The number of carbonyl (C=O) groups excluding carboxylic acids is 1. The largest absolute Gasteiger partial charge is 0.543 e. The summed E-state index contributed by atoms with van der Waals surface area (Å²) in [5.41, 5.74) is 0. The molecule has 2 N–H and O–H groups in total. The molecular weight excluding hydrogens is 577 g/mol. The molecule has 2 unspecified atom stereocenters. The second kappa shape index (κ2) is 13.4. The van der Waals surface area contributed by atoms with Crippen molar-refractivity contribution in [3.63, 3.8) is 0 Å². The minimum Gasteiger partial charge on any atom is -0.535 e. The fourth-order valence-corrected chi connectivity index (χ4v) is 16.1. The molecular formula is C22H54O9Si6. The van der Waals surface area contributed by atoms with Gasteiger partial charge in [-0.3, -0.25) is 0 Å². The first-order valence-corrected chi connectivity index (χ1v) is 29.8. The summed E-state index contributed by atoms with van der Waals surface area (Å²) >= 11 is 0. The summed E-state index contributed by atoms with van der Waals surface area (Å²) in [4.78, 5) is 13.8. The van der Waals surface area contributed by atoms with Gasteiger partial charge in [-0.2, -0.15) is 0 Å². The van der Waals surface area contributed by atoms with Gasteiger partial charge in [0.05, 0.1) is 16.8 Å². The van der Waals surface area contributed by atoms with Gasteiger partial charge in [0.2, 0.25) is 16.6 Å². The monoisotopic (exact) mass is 630 g/mol. The van der Waals surface area contributed by atoms with Crippen molar-refractivity contribution >= 4 is 58.3 Å². The Morgan fingerprint density at radius 1 is 0.784 bits per heavy atom. The molecule has 9 nitrogen and oxygen atoms in total. The molecule has 0 heterocycles. The maximum absolute atomic E-state index is 13.8. The van der Waals surface area contributed by atoms with Crippen LogP contribution >= 0.6 is 0 Å². The number of esters is 1. The number of rotatable bonds is 16. The molecule has 220 valence electrons. The number of aliphatic hydroxyl groups is 2. The van der Waals surface area contributed by atoms with Crippen LogP contribution in [0.5, 0.6) is 0 Å². The minimum absolute atomic E-state index is 0.0729. The van der Waals surface area contributed by atoms with Gasteiger partial charge in [0.15, 0.2) is 16.6 Å². The summed E-state index contributed by atoms with van der Waals surface area (Å²) in [7, 11) is -12.0. The van der Waals surface area contributed by atoms with E-state index in [0.29, 0.717) is 23.1 Å². The summed E-state index contributed by atoms with van der Waals surface area (Å²) in [6, 6.07) is 0. The standard InChI is InChI=1S/C22H54O9Si6/c1-15-16-22(32,18(24)17-23)26-20(25)19(27-33(2,3)4)21(28-34(5,6)7)29-37(14,30-35(8,9)10)31-36(11,12)13/h18,23-24H,15-17H2,1-14,32H3. The van der Waals surface area contributed by atoms with Crippen LogP contribution in [0.25, 0.3) is 0 Å². The Hall–Kier alpha value is -0.249. The van der Waals surface area contributed by atoms with Crippen LogP contribution in [0.15, 0.2) is 11.7 Å². The minimum atomic E-state index is -3.36. The first-order valence-electron chi connectivity index (χ1n) is 13.0. The van der Waals surface area contributed by atoms with Gasteiger partial charge in [0.25, 0.3) is 5.76 Å². The fourth-order valence-electron chi connectivity index (χ4n) is 3.44. The van der Waals surface area contributed by atoms with Crippen LogP contribution in [0.1, 0.15) is 19.8 Å². The van der Waals surface area contributed by atoms with E-state index in [2.05, 4.69) is 39.3 Å².